The lowest BCUT2D eigenvalue weighted by Gasteiger charge is -2.43. The van der Waals surface area contributed by atoms with Crippen molar-refractivity contribution in [2.75, 3.05) is 0 Å². The molecule has 4 rings (SSSR count). The molecule has 3 aromatic rings. The first-order valence-electron chi connectivity index (χ1n) is 10.5. The first-order valence-corrected chi connectivity index (χ1v) is 11.2. The fraction of sp³-hybridized carbons (Fsp3) is 0.222. The number of carboxylic acids is 1. The lowest BCUT2D eigenvalue weighted by Crippen LogP contribution is -2.31. The SMILES string of the molecule is C=C(C)[C@@H]1C[C@@H](c2cccc(Cl)c2)[C@@H](c2ccc(Cl)cc2)O[C@H]1c1cccc(C(=O)O)c1. The van der Waals surface area contributed by atoms with Gasteiger partial charge in [-0.15, -0.1) is 0 Å². The number of halogens is 2. The van der Waals surface area contributed by atoms with Gasteiger partial charge in [-0.1, -0.05) is 71.8 Å². The van der Waals surface area contributed by atoms with Gasteiger partial charge in [0.25, 0.3) is 0 Å². The molecule has 1 aliphatic heterocycles. The van der Waals surface area contributed by atoms with Gasteiger partial charge in [-0.3, -0.25) is 0 Å². The summed E-state index contributed by atoms with van der Waals surface area (Å²) in [4.78, 5) is 11.6. The van der Waals surface area contributed by atoms with Crippen LogP contribution in [0, 0.1) is 5.92 Å². The molecule has 4 atom stereocenters. The van der Waals surface area contributed by atoms with Gasteiger partial charge >= 0.3 is 5.97 Å². The topological polar surface area (TPSA) is 46.5 Å². The van der Waals surface area contributed by atoms with Crippen molar-refractivity contribution in [1.82, 2.24) is 0 Å². The Morgan fingerprint density at radius 1 is 0.906 bits per heavy atom. The van der Waals surface area contributed by atoms with E-state index in [1.165, 1.54) is 0 Å². The van der Waals surface area contributed by atoms with Crippen LogP contribution in [0.2, 0.25) is 10.0 Å². The van der Waals surface area contributed by atoms with Crippen molar-refractivity contribution in [3.63, 3.8) is 0 Å². The molecular formula is C27H24Cl2O3. The molecule has 0 radical (unpaired) electrons. The van der Waals surface area contributed by atoms with Crippen molar-refractivity contribution in [1.29, 1.82) is 0 Å². The maximum absolute atomic E-state index is 11.6. The molecule has 1 N–H and O–H groups in total. The summed E-state index contributed by atoms with van der Waals surface area (Å²) in [5.74, 6) is -0.886. The van der Waals surface area contributed by atoms with E-state index < -0.39 is 5.97 Å². The van der Waals surface area contributed by atoms with Crippen molar-refractivity contribution >= 4 is 29.2 Å². The molecule has 1 heterocycles. The molecule has 0 amide bonds. The average molecular weight is 467 g/mol. The summed E-state index contributed by atoms with van der Waals surface area (Å²) in [5.41, 5.74) is 4.19. The molecule has 164 valence electrons. The van der Waals surface area contributed by atoms with Crippen LogP contribution in [0.3, 0.4) is 0 Å². The van der Waals surface area contributed by atoms with Crippen LogP contribution < -0.4 is 0 Å². The molecule has 1 aliphatic rings. The molecule has 0 saturated carbocycles. The fourth-order valence-electron chi connectivity index (χ4n) is 4.50. The third-order valence-electron chi connectivity index (χ3n) is 6.10. The monoisotopic (exact) mass is 466 g/mol. The number of carbonyl (C=O) groups is 1. The highest BCUT2D eigenvalue weighted by atomic mass is 35.5. The van der Waals surface area contributed by atoms with Gasteiger partial charge in [-0.2, -0.15) is 0 Å². The van der Waals surface area contributed by atoms with Crippen LogP contribution in [0.1, 0.15) is 58.5 Å². The Morgan fingerprint density at radius 3 is 2.25 bits per heavy atom. The zero-order valence-corrected chi connectivity index (χ0v) is 19.2. The summed E-state index contributed by atoms with van der Waals surface area (Å²) >= 11 is 12.5. The maximum atomic E-state index is 11.6. The van der Waals surface area contributed by atoms with E-state index in [-0.39, 0.29) is 29.6 Å². The first-order chi connectivity index (χ1) is 15.3. The molecule has 1 saturated heterocycles. The molecule has 0 aromatic heterocycles. The second-order valence-corrected chi connectivity index (χ2v) is 9.18. The molecular weight excluding hydrogens is 443 g/mol. The second kappa shape index (κ2) is 9.50. The van der Waals surface area contributed by atoms with Crippen molar-refractivity contribution in [3.05, 3.63) is 117 Å². The van der Waals surface area contributed by atoms with Crippen LogP contribution in [0.5, 0.6) is 0 Å². The Kier molecular flexibility index (Phi) is 6.71. The summed E-state index contributed by atoms with van der Waals surface area (Å²) in [6.45, 7) is 6.23. The number of aromatic carboxylic acids is 1. The van der Waals surface area contributed by atoms with Crippen molar-refractivity contribution in [2.45, 2.75) is 31.5 Å². The lowest BCUT2D eigenvalue weighted by molar-refractivity contribution is -0.0918. The van der Waals surface area contributed by atoms with Gasteiger partial charge in [-0.05, 0) is 66.4 Å². The van der Waals surface area contributed by atoms with Crippen LogP contribution >= 0.6 is 23.2 Å². The smallest absolute Gasteiger partial charge is 0.335 e. The van der Waals surface area contributed by atoms with E-state index in [1.54, 1.807) is 18.2 Å². The zero-order valence-electron chi connectivity index (χ0n) is 17.7. The van der Waals surface area contributed by atoms with Gasteiger partial charge in [0.15, 0.2) is 0 Å². The van der Waals surface area contributed by atoms with Gasteiger partial charge in [0.05, 0.1) is 17.8 Å². The van der Waals surface area contributed by atoms with E-state index in [2.05, 4.69) is 12.6 Å². The molecule has 3 aromatic carbocycles. The Morgan fingerprint density at radius 2 is 1.59 bits per heavy atom. The summed E-state index contributed by atoms with van der Waals surface area (Å²) in [5, 5.41) is 10.8. The number of benzene rings is 3. The highest BCUT2D eigenvalue weighted by molar-refractivity contribution is 6.30. The van der Waals surface area contributed by atoms with Crippen molar-refractivity contribution in [3.8, 4) is 0 Å². The van der Waals surface area contributed by atoms with Crippen LogP contribution in [0.25, 0.3) is 0 Å². The molecule has 0 spiro atoms. The quantitative estimate of drug-likeness (QED) is 0.389. The second-order valence-electron chi connectivity index (χ2n) is 8.31. The summed E-state index contributed by atoms with van der Waals surface area (Å²) in [7, 11) is 0. The van der Waals surface area contributed by atoms with E-state index in [0.29, 0.717) is 10.0 Å². The minimum Gasteiger partial charge on any atom is -0.478 e. The predicted octanol–water partition coefficient (Wildman–Crippen LogP) is 7.87. The minimum atomic E-state index is -0.958. The molecule has 0 aliphatic carbocycles. The molecule has 0 unspecified atom stereocenters. The molecule has 0 bridgehead atoms. The van der Waals surface area contributed by atoms with E-state index in [4.69, 9.17) is 27.9 Å². The number of ether oxygens (including phenoxy) is 1. The zero-order chi connectivity index (χ0) is 22.8. The maximum Gasteiger partial charge on any atom is 0.335 e. The standard InChI is InChI=1S/C27H24Cl2O3/c1-16(2)23-15-24(18-5-4-8-22(29)14-18)25(17-9-11-21(28)12-10-17)32-26(23)19-6-3-7-20(13-19)27(30)31/h3-14,23-26H,1,15H2,2H3,(H,30,31)/t23-,24-,25+,26-/m0/s1. The lowest BCUT2D eigenvalue weighted by atomic mass is 9.74. The number of rotatable bonds is 5. The Labute approximate surface area is 198 Å². The van der Waals surface area contributed by atoms with Gasteiger partial charge in [0, 0.05) is 21.9 Å². The van der Waals surface area contributed by atoms with Gasteiger partial charge in [-0.25, -0.2) is 4.79 Å². The van der Waals surface area contributed by atoms with Gasteiger partial charge in [0.2, 0.25) is 0 Å². The highest BCUT2D eigenvalue weighted by Crippen LogP contribution is 2.52. The number of carboxylic acid groups (broad SMARTS) is 1. The van der Waals surface area contributed by atoms with E-state index in [0.717, 1.165) is 28.7 Å². The van der Waals surface area contributed by atoms with Gasteiger partial charge in [0.1, 0.15) is 0 Å². The Bertz CT molecular complexity index is 1140. The molecule has 5 heteroatoms. The molecule has 3 nitrogen and oxygen atoms in total. The van der Waals surface area contributed by atoms with Crippen molar-refractivity contribution < 1.29 is 14.6 Å². The van der Waals surface area contributed by atoms with Crippen LogP contribution in [0.15, 0.2) is 84.9 Å². The Hall–Kier alpha value is -2.59. The van der Waals surface area contributed by atoms with Crippen LogP contribution in [-0.4, -0.2) is 11.1 Å². The third kappa shape index (κ3) is 4.75. The molecule has 1 fully saturated rings. The van der Waals surface area contributed by atoms with Crippen LogP contribution in [0.4, 0.5) is 0 Å². The first kappa shape index (κ1) is 22.6. The predicted molar refractivity (Wildman–Crippen MR) is 129 cm³/mol. The summed E-state index contributed by atoms with van der Waals surface area (Å²) < 4.78 is 6.77. The van der Waals surface area contributed by atoms with Crippen molar-refractivity contribution in [2.24, 2.45) is 5.92 Å². The Balaban J connectivity index is 1.80. The average Bonchev–Trinajstić information content (AvgIpc) is 2.79. The normalized spacial score (nSPS) is 23.0. The minimum absolute atomic E-state index is 0.0200. The van der Waals surface area contributed by atoms with Crippen LogP contribution in [-0.2, 0) is 4.74 Å². The van der Waals surface area contributed by atoms with E-state index >= 15 is 0 Å². The fourth-order valence-corrected chi connectivity index (χ4v) is 4.82. The number of hydrogen-bond donors (Lipinski definition) is 1. The van der Waals surface area contributed by atoms with E-state index in [1.807, 2.05) is 55.5 Å². The largest absolute Gasteiger partial charge is 0.478 e. The molecule has 32 heavy (non-hydrogen) atoms. The number of hydrogen-bond acceptors (Lipinski definition) is 2. The third-order valence-corrected chi connectivity index (χ3v) is 6.59. The summed E-state index contributed by atoms with van der Waals surface area (Å²) in [6.07, 6.45) is 0.230. The summed E-state index contributed by atoms with van der Waals surface area (Å²) in [6, 6.07) is 22.5. The highest BCUT2D eigenvalue weighted by Gasteiger charge is 2.40. The van der Waals surface area contributed by atoms with Gasteiger partial charge < -0.3 is 9.84 Å². The van der Waals surface area contributed by atoms with E-state index in [9.17, 15) is 9.90 Å².